The minimum Gasteiger partial charge on any atom is -0.316 e. The molecule has 0 radical (unpaired) electrons. The Hall–Kier alpha value is 0.310. The molecule has 0 aliphatic heterocycles. The Kier molecular flexibility index (Phi) is 7.61. The topological polar surface area (TPSA) is 12.0 Å². The minimum absolute atomic E-state index is 0.740. The molecular formula is C15H31NS. The van der Waals surface area contributed by atoms with Gasteiger partial charge in [0.15, 0.2) is 0 Å². The Morgan fingerprint density at radius 3 is 2.47 bits per heavy atom. The lowest BCUT2D eigenvalue weighted by atomic mass is 9.74. The van der Waals surface area contributed by atoms with Gasteiger partial charge in [0.1, 0.15) is 0 Å². The van der Waals surface area contributed by atoms with Crippen LogP contribution in [0.5, 0.6) is 0 Å². The summed E-state index contributed by atoms with van der Waals surface area (Å²) in [4.78, 5) is 0. The molecule has 3 unspecified atom stereocenters. The van der Waals surface area contributed by atoms with Crippen molar-refractivity contribution in [2.24, 2.45) is 17.8 Å². The van der Waals surface area contributed by atoms with Gasteiger partial charge < -0.3 is 5.32 Å². The summed E-state index contributed by atoms with van der Waals surface area (Å²) in [6, 6.07) is 0.740. The molecule has 3 atom stereocenters. The molecule has 2 heteroatoms. The summed E-state index contributed by atoms with van der Waals surface area (Å²) in [6.45, 7) is 7.00. The third-order valence-electron chi connectivity index (χ3n) is 4.13. The Morgan fingerprint density at radius 2 is 1.88 bits per heavy atom. The number of thioether (sulfide) groups is 1. The highest BCUT2D eigenvalue weighted by Gasteiger charge is 2.29. The van der Waals surface area contributed by atoms with Gasteiger partial charge >= 0.3 is 0 Å². The van der Waals surface area contributed by atoms with Crippen molar-refractivity contribution in [2.45, 2.75) is 58.9 Å². The van der Waals surface area contributed by atoms with Crippen LogP contribution >= 0.6 is 11.8 Å². The van der Waals surface area contributed by atoms with Crippen LogP contribution in [0.15, 0.2) is 0 Å². The van der Waals surface area contributed by atoms with Crippen LogP contribution in [0.25, 0.3) is 0 Å². The van der Waals surface area contributed by atoms with E-state index in [0.717, 1.165) is 23.8 Å². The zero-order valence-electron chi connectivity index (χ0n) is 12.2. The summed E-state index contributed by atoms with van der Waals surface area (Å²) in [6.07, 6.45) is 7.21. The second kappa shape index (κ2) is 8.42. The molecule has 17 heavy (non-hydrogen) atoms. The largest absolute Gasteiger partial charge is 0.316 e. The summed E-state index contributed by atoms with van der Waals surface area (Å²) in [7, 11) is 2.15. The van der Waals surface area contributed by atoms with E-state index in [2.05, 4.69) is 44.9 Å². The molecule has 0 spiro atoms. The molecule has 1 nitrogen and oxygen atoms in total. The van der Waals surface area contributed by atoms with E-state index in [9.17, 15) is 0 Å². The van der Waals surface area contributed by atoms with Gasteiger partial charge in [0.2, 0.25) is 0 Å². The highest BCUT2D eigenvalue weighted by atomic mass is 32.2. The zero-order valence-corrected chi connectivity index (χ0v) is 13.0. The van der Waals surface area contributed by atoms with Crippen molar-refractivity contribution in [3.8, 4) is 0 Å². The second-order valence-corrected chi connectivity index (χ2v) is 7.02. The number of nitrogens with one attached hydrogen (secondary N) is 1. The highest BCUT2D eigenvalue weighted by Crippen LogP contribution is 2.35. The maximum Gasteiger partial charge on any atom is 0.0186 e. The van der Waals surface area contributed by atoms with Crippen molar-refractivity contribution < 1.29 is 0 Å². The number of hydrogen-bond donors (Lipinski definition) is 1. The van der Waals surface area contributed by atoms with Crippen LogP contribution in [0.1, 0.15) is 52.9 Å². The van der Waals surface area contributed by atoms with Gasteiger partial charge in [0, 0.05) is 11.8 Å². The molecule has 0 aromatic carbocycles. The third kappa shape index (κ3) is 5.21. The molecule has 1 saturated carbocycles. The lowest BCUT2D eigenvalue weighted by molar-refractivity contribution is 0.190. The van der Waals surface area contributed by atoms with Crippen molar-refractivity contribution in [2.75, 3.05) is 18.6 Å². The fourth-order valence-electron chi connectivity index (χ4n) is 3.12. The zero-order chi connectivity index (χ0) is 12.7. The van der Waals surface area contributed by atoms with E-state index in [4.69, 9.17) is 0 Å². The second-order valence-electron chi connectivity index (χ2n) is 5.94. The van der Waals surface area contributed by atoms with Gasteiger partial charge in [-0.15, -0.1) is 0 Å². The molecule has 1 N–H and O–H groups in total. The average Bonchev–Trinajstić information content (AvgIpc) is 2.34. The van der Waals surface area contributed by atoms with Gasteiger partial charge in [-0.3, -0.25) is 0 Å². The van der Waals surface area contributed by atoms with Crippen molar-refractivity contribution in [1.82, 2.24) is 5.32 Å². The quantitative estimate of drug-likeness (QED) is 0.734. The van der Waals surface area contributed by atoms with Crippen LogP contribution in [0, 0.1) is 17.8 Å². The maximum atomic E-state index is 3.59. The number of hydrogen-bond acceptors (Lipinski definition) is 2. The molecule has 0 saturated heterocycles. The molecule has 0 bridgehead atoms. The van der Waals surface area contributed by atoms with Crippen LogP contribution < -0.4 is 5.32 Å². The Balaban J connectivity index is 2.40. The van der Waals surface area contributed by atoms with Crippen LogP contribution in [0.4, 0.5) is 0 Å². The Labute approximate surface area is 113 Å². The summed E-state index contributed by atoms with van der Waals surface area (Å²) < 4.78 is 0. The van der Waals surface area contributed by atoms with E-state index in [1.54, 1.807) is 0 Å². The molecule has 1 rings (SSSR count). The maximum absolute atomic E-state index is 3.59. The first-order valence-electron chi connectivity index (χ1n) is 7.44. The lowest BCUT2D eigenvalue weighted by Crippen LogP contribution is -2.41. The van der Waals surface area contributed by atoms with E-state index in [1.807, 2.05) is 0 Å². The molecule has 0 amide bonds. The van der Waals surface area contributed by atoms with E-state index in [0.29, 0.717) is 0 Å². The molecule has 1 aliphatic carbocycles. The first-order chi connectivity index (χ1) is 8.19. The van der Waals surface area contributed by atoms with Gasteiger partial charge in [-0.05, 0) is 37.0 Å². The van der Waals surface area contributed by atoms with Crippen molar-refractivity contribution in [1.29, 1.82) is 0 Å². The van der Waals surface area contributed by atoms with Crippen LogP contribution in [0.2, 0.25) is 0 Å². The summed E-state index contributed by atoms with van der Waals surface area (Å²) in [5.74, 6) is 5.34. The fourth-order valence-corrected chi connectivity index (χ4v) is 4.40. The highest BCUT2D eigenvalue weighted by molar-refractivity contribution is 7.99. The van der Waals surface area contributed by atoms with Crippen molar-refractivity contribution in [3.63, 3.8) is 0 Å². The van der Waals surface area contributed by atoms with Gasteiger partial charge in [-0.1, -0.05) is 46.5 Å². The Morgan fingerprint density at radius 1 is 1.18 bits per heavy atom. The average molecular weight is 257 g/mol. The van der Waals surface area contributed by atoms with Gasteiger partial charge in [0.25, 0.3) is 0 Å². The van der Waals surface area contributed by atoms with Crippen LogP contribution in [-0.2, 0) is 0 Å². The van der Waals surface area contributed by atoms with Crippen LogP contribution in [-0.4, -0.2) is 24.6 Å². The third-order valence-corrected chi connectivity index (χ3v) is 5.63. The van der Waals surface area contributed by atoms with E-state index in [1.165, 1.54) is 43.6 Å². The SMILES string of the molecule is CCC1CCCCC1C(CSCC(C)C)NC. The lowest BCUT2D eigenvalue weighted by Gasteiger charge is -2.36. The van der Waals surface area contributed by atoms with Crippen molar-refractivity contribution >= 4 is 11.8 Å². The van der Waals surface area contributed by atoms with Crippen LogP contribution in [0.3, 0.4) is 0 Å². The molecule has 1 aliphatic rings. The molecule has 1 fully saturated rings. The standard InChI is InChI=1S/C15H31NS/c1-5-13-8-6-7-9-14(13)15(16-4)11-17-10-12(2)3/h12-16H,5-11H2,1-4H3. The smallest absolute Gasteiger partial charge is 0.0186 e. The van der Waals surface area contributed by atoms with Gasteiger partial charge in [0.05, 0.1) is 0 Å². The summed E-state index contributed by atoms with van der Waals surface area (Å²) in [5, 5.41) is 3.59. The monoisotopic (exact) mass is 257 g/mol. The van der Waals surface area contributed by atoms with E-state index in [-0.39, 0.29) is 0 Å². The normalized spacial score (nSPS) is 27.4. The fraction of sp³-hybridized carbons (Fsp3) is 1.00. The van der Waals surface area contributed by atoms with Gasteiger partial charge in [-0.25, -0.2) is 0 Å². The van der Waals surface area contributed by atoms with E-state index < -0.39 is 0 Å². The minimum atomic E-state index is 0.740. The summed E-state index contributed by atoms with van der Waals surface area (Å²) >= 11 is 2.14. The first kappa shape index (κ1) is 15.4. The molecule has 102 valence electrons. The van der Waals surface area contributed by atoms with Gasteiger partial charge in [-0.2, -0.15) is 11.8 Å². The predicted octanol–water partition coefficient (Wildman–Crippen LogP) is 4.18. The van der Waals surface area contributed by atoms with E-state index >= 15 is 0 Å². The molecular weight excluding hydrogens is 226 g/mol. The first-order valence-corrected chi connectivity index (χ1v) is 8.59. The molecule has 0 heterocycles. The van der Waals surface area contributed by atoms with Crippen molar-refractivity contribution in [3.05, 3.63) is 0 Å². The Bertz CT molecular complexity index is 193. The predicted molar refractivity (Wildman–Crippen MR) is 80.7 cm³/mol. The summed E-state index contributed by atoms with van der Waals surface area (Å²) in [5.41, 5.74) is 0. The number of rotatable bonds is 7. The molecule has 0 aromatic rings. The molecule has 0 aromatic heterocycles.